The number of nitrogen functional groups attached to an aromatic ring is 1. The summed E-state index contributed by atoms with van der Waals surface area (Å²) in [6.45, 7) is 8.43. The van der Waals surface area contributed by atoms with E-state index >= 15 is 0 Å². The van der Waals surface area contributed by atoms with Crippen molar-refractivity contribution in [2.75, 3.05) is 12.8 Å². The van der Waals surface area contributed by atoms with E-state index < -0.39 is 0 Å². The second-order valence-corrected chi connectivity index (χ2v) is 5.79. The van der Waals surface area contributed by atoms with Crippen molar-refractivity contribution < 1.29 is 0 Å². The van der Waals surface area contributed by atoms with Crippen molar-refractivity contribution in [2.24, 2.45) is 0 Å². The molecule has 0 amide bonds. The summed E-state index contributed by atoms with van der Waals surface area (Å²) in [7, 11) is 2.15. The molecule has 2 rings (SSSR count). The van der Waals surface area contributed by atoms with E-state index in [2.05, 4.69) is 50.9 Å². The molecule has 0 heterocycles. The molecule has 0 bridgehead atoms. The van der Waals surface area contributed by atoms with Crippen LogP contribution in [0, 0.1) is 20.8 Å². The summed E-state index contributed by atoms with van der Waals surface area (Å²) < 4.78 is 0. The smallest absolute Gasteiger partial charge is 0.0317 e. The van der Waals surface area contributed by atoms with Gasteiger partial charge in [-0.25, -0.2) is 0 Å². The van der Waals surface area contributed by atoms with E-state index in [-0.39, 0.29) is 0 Å². The lowest BCUT2D eigenvalue weighted by Crippen LogP contribution is -2.18. The molecule has 0 fully saturated rings. The van der Waals surface area contributed by atoms with Gasteiger partial charge in [0, 0.05) is 18.8 Å². The number of benzene rings is 2. The fraction of sp³-hybridized carbons (Fsp3) is 0.333. The Morgan fingerprint density at radius 1 is 0.950 bits per heavy atom. The molecule has 2 aromatic carbocycles. The molecule has 2 heteroatoms. The number of anilines is 1. The Bertz CT molecular complexity index is 579. The molecular formula is C18H24N2. The fourth-order valence-corrected chi connectivity index (χ4v) is 2.79. The van der Waals surface area contributed by atoms with Crippen molar-refractivity contribution in [3.8, 4) is 0 Å². The van der Waals surface area contributed by atoms with Crippen molar-refractivity contribution in [1.29, 1.82) is 0 Å². The predicted molar refractivity (Wildman–Crippen MR) is 86.7 cm³/mol. The van der Waals surface area contributed by atoms with Crippen LogP contribution < -0.4 is 5.73 Å². The average Bonchev–Trinajstić information content (AvgIpc) is 2.33. The van der Waals surface area contributed by atoms with Gasteiger partial charge in [-0.3, -0.25) is 4.90 Å². The maximum absolute atomic E-state index is 5.83. The van der Waals surface area contributed by atoms with Gasteiger partial charge in [0.25, 0.3) is 0 Å². The molecule has 0 spiro atoms. The predicted octanol–water partition coefficient (Wildman–Crippen LogP) is 3.83. The molecular weight excluding hydrogens is 244 g/mol. The van der Waals surface area contributed by atoms with E-state index in [1.165, 1.54) is 27.8 Å². The maximum Gasteiger partial charge on any atom is 0.0317 e. The molecule has 0 aliphatic rings. The molecule has 2 aromatic rings. The maximum atomic E-state index is 5.83. The van der Waals surface area contributed by atoms with Gasteiger partial charge in [0.15, 0.2) is 0 Å². The molecule has 0 aliphatic carbocycles. The van der Waals surface area contributed by atoms with E-state index in [1.54, 1.807) is 0 Å². The molecule has 106 valence electrons. The Hall–Kier alpha value is -1.80. The monoisotopic (exact) mass is 268 g/mol. The summed E-state index contributed by atoms with van der Waals surface area (Å²) in [6, 6.07) is 12.6. The minimum absolute atomic E-state index is 0.832. The minimum atomic E-state index is 0.832. The lowest BCUT2D eigenvalue weighted by molar-refractivity contribution is 0.318. The van der Waals surface area contributed by atoms with Gasteiger partial charge < -0.3 is 5.73 Å². The van der Waals surface area contributed by atoms with Gasteiger partial charge >= 0.3 is 0 Å². The second kappa shape index (κ2) is 6.10. The lowest BCUT2D eigenvalue weighted by atomic mass is 9.99. The SMILES string of the molecule is Cc1cc(C)c(CN(C)Cc2cccc(N)c2)c(C)c1. The molecule has 0 saturated heterocycles. The quantitative estimate of drug-likeness (QED) is 0.854. The number of rotatable bonds is 4. The summed E-state index contributed by atoms with van der Waals surface area (Å²) in [5.41, 5.74) is 13.4. The Labute approximate surface area is 122 Å². The van der Waals surface area contributed by atoms with Gasteiger partial charge in [0.2, 0.25) is 0 Å². The number of hydrogen-bond donors (Lipinski definition) is 1. The zero-order chi connectivity index (χ0) is 14.7. The molecule has 0 saturated carbocycles. The van der Waals surface area contributed by atoms with Crippen molar-refractivity contribution in [3.63, 3.8) is 0 Å². The third-order valence-corrected chi connectivity index (χ3v) is 3.67. The lowest BCUT2D eigenvalue weighted by Gasteiger charge is -2.20. The van der Waals surface area contributed by atoms with Crippen LogP contribution >= 0.6 is 0 Å². The topological polar surface area (TPSA) is 29.3 Å². The summed E-state index contributed by atoms with van der Waals surface area (Å²) in [5, 5.41) is 0. The third kappa shape index (κ3) is 3.61. The average molecular weight is 268 g/mol. The van der Waals surface area contributed by atoms with Gasteiger partial charge in [0.05, 0.1) is 0 Å². The van der Waals surface area contributed by atoms with E-state index in [0.29, 0.717) is 0 Å². The first kappa shape index (κ1) is 14.6. The van der Waals surface area contributed by atoms with Gasteiger partial charge in [-0.2, -0.15) is 0 Å². The highest BCUT2D eigenvalue weighted by molar-refractivity contribution is 5.41. The van der Waals surface area contributed by atoms with Crippen molar-refractivity contribution in [2.45, 2.75) is 33.9 Å². The summed E-state index contributed by atoms with van der Waals surface area (Å²) in [6.07, 6.45) is 0. The van der Waals surface area contributed by atoms with Crippen LogP contribution in [0.2, 0.25) is 0 Å². The zero-order valence-electron chi connectivity index (χ0n) is 12.9. The molecule has 0 unspecified atom stereocenters. The fourth-order valence-electron chi connectivity index (χ4n) is 2.79. The molecule has 0 aromatic heterocycles. The molecule has 0 radical (unpaired) electrons. The van der Waals surface area contributed by atoms with Crippen molar-refractivity contribution in [3.05, 3.63) is 64.2 Å². The van der Waals surface area contributed by atoms with Crippen LogP contribution in [0.25, 0.3) is 0 Å². The Morgan fingerprint density at radius 3 is 2.20 bits per heavy atom. The normalized spacial score (nSPS) is 11.1. The third-order valence-electron chi connectivity index (χ3n) is 3.67. The Kier molecular flexibility index (Phi) is 4.46. The van der Waals surface area contributed by atoms with Crippen LogP contribution in [0.1, 0.15) is 27.8 Å². The van der Waals surface area contributed by atoms with Crippen molar-refractivity contribution in [1.82, 2.24) is 4.90 Å². The first-order valence-electron chi connectivity index (χ1n) is 7.05. The van der Waals surface area contributed by atoms with Crippen molar-refractivity contribution >= 4 is 5.69 Å². The summed E-state index contributed by atoms with van der Waals surface area (Å²) in [5.74, 6) is 0. The largest absolute Gasteiger partial charge is 0.399 e. The van der Waals surface area contributed by atoms with Crippen LogP contribution in [0.4, 0.5) is 5.69 Å². The highest BCUT2D eigenvalue weighted by Crippen LogP contribution is 2.19. The Morgan fingerprint density at radius 2 is 1.60 bits per heavy atom. The van der Waals surface area contributed by atoms with Crippen LogP contribution in [-0.4, -0.2) is 11.9 Å². The zero-order valence-corrected chi connectivity index (χ0v) is 12.9. The minimum Gasteiger partial charge on any atom is -0.399 e. The number of aryl methyl sites for hydroxylation is 3. The summed E-state index contributed by atoms with van der Waals surface area (Å²) in [4.78, 5) is 2.33. The summed E-state index contributed by atoms with van der Waals surface area (Å²) >= 11 is 0. The molecule has 20 heavy (non-hydrogen) atoms. The number of nitrogens with zero attached hydrogens (tertiary/aromatic N) is 1. The van der Waals surface area contributed by atoms with Crippen LogP contribution in [0.15, 0.2) is 36.4 Å². The van der Waals surface area contributed by atoms with Gasteiger partial charge in [0.1, 0.15) is 0 Å². The highest BCUT2D eigenvalue weighted by atomic mass is 15.1. The standard InChI is InChI=1S/C18H24N2/c1-13-8-14(2)18(15(3)9-13)12-20(4)11-16-6-5-7-17(19)10-16/h5-10H,11-12,19H2,1-4H3. The number of nitrogens with two attached hydrogens (primary N) is 1. The van der Waals surface area contributed by atoms with E-state index in [9.17, 15) is 0 Å². The van der Waals surface area contributed by atoms with Gasteiger partial charge in [-0.05, 0) is 62.2 Å². The van der Waals surface area contributed by atoms with Crippen LogP contribution in [-0.2, 0) is 13.1 Å². The second-order valence-electron chi connectivity index (χ2n) is 5.79. The van der Waals surface area contributed by atoms with Gasteiger partial charge in [-0.1, -0.05) is 29.8 Å². The Balaban J connectivity index is 2.10. The van der Waals surface area contributed by atoms with E-state index in [1.807, 2.05) is 18.2 Å². The van der Waals surface area contributed by atoms with Crippen LogP contribution in [0.5, 0.6) is 0 Å². The molecule has 0 aliphatic heterocycles. The molecule has 2 N–H and O–H groups in total. The van der Waals surface area contributed by atoms with E-state index in [4.69, 9.17) is 5.73 Å². The molecule has 2 nitrogen and oxygen atoms in total. The number of hydrogen-bond acceptors (Lipinski definition) is 2. The highest BCUT2D eigenvalue weighted by Gasteiger charge is 2.08. The van der Waals surface area contributed by atoms with Gasteiger partial charge in [-0.15, -0.1) is 0 Å². The van der Waals surface area contributed by atoms with E-state index in [0.717, 1.165) is 18.8 Å². The molecule has 0 atom stereocenters. The first-order chi connectivity index (χ1) is 9.45. The van der Waals surface area contributed by atoms with Crippen LogP contribution in [0.3, 0.4) is 0 Å². The first-order valence-corrected chi connectivity index (χ1v) is 7.05.